The Morgan fingerprint density at radius 1 is 1.43 bits per heavy atom. The number of aliphatic carboxylic acids is 1. The maximum absolute atomic E-state index is 12.0. The summed E-state index contributed by atoms with van der Waals surface area (Å²) in [5, 5.41) is 11.6. The SMILES string of the molecule is O=C(NCCC(=O)N1CCC[C@@H](C(=O)O)C1)c1ccoc1. The fraction of sp³-hybridized carbons (Fsp3) is 0.500. The van der Waals surface area contributed by atoms with Crippen molar-refractivity contribution >= 4 is 17.8 Å². The van der Waals surface area contributed by atoms with Gasteiger partial charge in [0.25, 0.3) is 5.91 Å². The summed E-state index contributed by atoms with van der Waals surface area (Å²) >= 11 is 0. The molecule has 0 bridgehead atoms. The first-order chi connectivity index (χ1) is 10.1. The molecule has 1 atom stereocenters. The van der Waals surface area contributed by atoms with Crippen LogP contribution in [0.15, 0.2) is 23.0 Å². The van der Waals surface area contributed by atoms with E-state index < -0.39 is 11.9 Å². The van der Waals surface area contributed by atoms with Crippen LogP contribution >= 0.6 is 0 Å². The molecule has 0 radical (unpaired) electrons. The second-order valence-corrected chi connectivity index (χ2v) is 5.04. The molecule has 1 aromatic heterocycles. The van der Waals surface area contributed by atoms with Crippen molar-refractivity contribution in [3.05, 3.63) is 24.2 Å². The quantitative estimate of drug-likeness (QED) is 0.833. The van der Waals surface area contributed by atoms with Gasteiger partial charge in [0, 0.05) is 26.1 Å². The molecule has 1 aliphatic rings. The molecule has 1 fully saturated rings. The van der Waals surface area contributed by atoms with Crippen LogP contribution in [-0.4, -0.2) is 47.4 Å². The van der Waals surface area contributed by atoms with Gasteiger partial charge in [0.2, 0.25) is 5.91 Å². The monoisotopic (exact) mass is 294 g/mol. The standard InChI is InChI=1S/C14H18N2O5/c17-12(16-6-1-2-10(8-16)14(19)20)3-5-15-13(18)11-4-7-21-9-11/h4,7,9-10H,1-3,5-6,8H2,(H,15,18)(H,19,20)/t10-/m1/s1. The number of rotatable bonds is 5. The minimum atomic E-state index is -0.860. The van der Waals surface area contributed by atoms with Crippen LogP contribution < -0.4 is 5.32 Å². The van der Waals surface area contributed by atoms with E-state index in [0.29, 0.717) is 24.9 Å². The topological polar surface area (TPSA) is 99.9 Å². The molecule has 2 amide bonds. The number of hydrogen-bond donors (Lipinski definition) is 2. The summed E-state index contributed by atoms with van der Waals surface area (Å²) in [6.07, 6.45) is 4.20. The zero-order valence-corrected chi connectivity index (χ0v) is 11.6. The van der Waals surface area contributed by atoms with Crippen LogP contribution in [0.2, 0.25) is 0 Å². The molecule has 2 N–H and O–H groups in total. The second kappa shape index (κ2) is 6.92. The van der Waals surface area contributed by atoms with Crippen LogP contribution in [0.3, 0.4) is 0 Å². The molecule has 7 heteroatoms. The van der Waals surface area contributed by atoms with Gasteiger partial charge in [-0.2, -0.15) is 0 Å². The summed E-state index contributed by atoms with van der Waals surface area (Å²) in [7, 11) is 0. The summed E-state index contributed by atoms with van der Waals surface area (Å²) in [5.41, 5.74) is 0.409. The van der Waals surface area contributed by atoms with Crippen LogP contribution in [-0.2, 0) is 9.59 Å². The lowest BCUT2D eigenvalue weighted by molar-refractivity contribution is -0.145. The minimum absolute atomic E-state index is 0.131. The molecule has 0 unspecified atom stereocenters. The third-order valence-electron chi connectivity index (χ3n) is 3.53. The second-order valence-electron chi connectivity index (χ2n) is 5.04. The number of furan rings is 1. The smallest absolute Gasteiger partial charge is 0.308 e. The van der Waals surface area contributed by atoms with Gasteiger partial charge in [0.05, 0.1) is 17.7 Å². The van der Waals surface area contributed by atoms with Gasteiger partial charge in [0.1, 0.15) is 6.26 Å². The van der Waals surface area contributed by atoms with Crippen molar-refractivity contribution < 1.29 is 23.9 Å². The minimum Gasteiger partial charge on any atom is -0.481 e. The summed E-state index contributed by atoms with van der Waals surface area (Å²) in [4.78, 5) is 36.1. The van der Waals surface area contributed by atoms with Crippen LogP contribution in [0.25, 0.3) is 0 Å². The first-order valence-electron chi connectivity index (χ1n) is 6.89. The van der Waals surface area contributed by atoms with E-state index >= 15 is 0 Å². The Hall–Kier alpha value is -2.31. The highest BCUT2D eigenvalue weighted by atomic mass is 16.4. The number of likely N-dealkylation sites (tertiary alicyclic amines) is 1. The predicted molar refractivity (Wildman–Crippen MR) is 72.6 cm³/mol. The molecule has 21 heavy (non-hydrogen) atoms. The maximum Gasteiger partial charge on any atom is 0.308 e. The van der Waals surface area contributed by atoms with E-state index in [1.54, 1.807) is 11.0 Å². The van der Waals surface area contributed by atoms with Crippen molar-refractivity contribution in [2.45, 2.75) is 19.3 Å². The normalized spacial score (nSPS) is 18.3. The molecule has 1 aliphatic heterocycles. The zero-order valence-electron chi connectivity index (χ0n) is 11.6. The van der Waals surface area contributed by atoms with E-state index in [9.17, 15) is 14.4 Å². The third kappa shape index (κ3) is 4.08. The van der Waals surface area contributed by atoms with Crippen molar-refractivity contribution in [3.8, 4) is 0 Å². The number of carboxylic acids is 1. The van der Waals surface area contributed by atoms with Gasteiger partial charge < -0.3 is 19.7 Å². The van der Waals surface area contributed by atoms with E-state index in [2.05, 4.69) is 5.32 Å². The van der Waals surface area contributed by atoms with Gasteiger partial charge in [-0.15, -0.1) is 0 Å². The molecule has 2 rings (SSSR count). The average Bonchev–Trinajstić information content (AvgIpc) is 3.01. The fourth-order valence-corrected chi connectivity index (χ4v) is 2.34. The van der Waals surface area contributed by atoms with Crippen LogP contribution in [0.5, 0.6) is 0 Å². The molecule has 0 aromatic carbocycles. The number of carbonyl (C=O) groups is 3. The van der Waals surface area contributed by atoms with Crippen molar-refractivity contribution in [2.24, 2.45) is 5.92 Å². The molecular weight excluding hydrogens is 276 g/mol. The third-order valence-corrected chi connectivity index (χ3v) is 3.53. The molecule has 1 aromatic rings. The molecule has 0 saturated carbocycles. The van der Waals surface area contributed by atoms with Gasteiger partial charge in [-0.05, 0) is 18.9 Å². The Labute approximate surface area is 121 Å². The van der Waals surface area contributed by atoms with Gasteiger partial charge in [0.15, 0.2) is 0 Å². The summed E-state index contributed by atoms with van der Waals surface area (Å²) in [6.45, 7) is 1.05. The first kappa shape index (κ1) is 15.1. The Morgan fingerprint density at radius 2 is 2.24 bits per heavy atom. The number of nitrogens with one attached hydrogen (secondary N) is 1. The number of nitrogens with zero attached hydrogens (tertiary/aromatic N) is 1. The number of carbonyl (C=O) groups excluding carboxylic acids is 2. The Morgan fingerprint density at radius 3 is 2.90 bits per heavy atom. The molecule has 1 saturated heterocycles. The number of hydrogen-bond acceptors (Lipinski definition) is 4. The average molecular weight is 294 g/mol. The predicted octanol–water partition coefficient (Wildman–Crippen LogP) is 0.723. The molecule has 7 nitrogen and oxygen atoms in total. The molecular formula is C14H18N2O5. The molecule has 2 heterocycles. The highest BCUT2D eigenvalue weighted by molar-refractivity contribution is 5.94. The van der Waals surface area contributed by atoms with Gasteiger partial charge >= 0.3 is 5.97 Å². The van der Waals surface area contributed by atoms with E-state index in [1.165, 1.54) is 12.5 Å². The van der Waals surface area contributed by atoms with E-state index in [1.807, 2.05) is 0 Å². The number of amides is 2. The zero-order chi connectivity index (χ0) is 15.2. The van der Waals surface area contributed by atoms with Crippen molar-refractivity contribution in [3.63, 3.8) is 0 Å². The Bertz CT molecular complexity index is 511. The molecule has 0 spiro atoms. The van der Waals surface area contributed by atoms with E-state index in [4.69, 9.17) is 9.52 Å². The van der Waals surface area contributed by atoms with Gasteiger partial charge in [-0.3, -0.25) is 14.4 Å². The van der Waals surface area contributed by atoms with E-state index in [-0.39, 0.29) is 31.3 Å². The molecule has 0 aliphatic carbocycles. The number of carboxylic acid groups (broad SMARTS) is 1. The maximum atomic E-state index is 12.0. The highest BCUT2D eigenvalue weighted by Gasteiger charge is 2.27. The van der Waals surface area contributed by atoms with Crippen LogP contribution in [0.1, 0.15) is 29.6 Å². The molecule has 114 valence electrons. The van der Waals surface area contributed by atoms with Crippen molar-refractivity contribution in [1.29, 1.82) is 0 Å². The first-order valence-corrected chi connectivity index (χ1v) is 6.89. The van der Waals surface area contributed by atoms with Crippen molar-refractivity contribution in [2.75, 3.05) is 19.6 Å². The van der Waals surface area contributed by atoms with Gasteiger partial charge in [-0.25, -0.2) is 0 Å². The fourth-order valence-electron chi connectivity index (χ4n) is 2.34. The lowest BCUT2D eigenvalue weighted by Gasteiger charge is -2.30. The summed E-state index contributed by atoms with van der Waals surface area (Å²) < 4.78 is 4.80. The van der Waals surface area contributed by atoms with Crippen molar-refractivity contribution in [1.82, 2.24) is 10.2 Å². The van der Waals surface area contributed by atoms with Crippen LogP contribution in [0, 0.1) is 5.92 Å². The Kier molecular flexibility index (Phi) is 4.97. The summed E-state index contributed by atoms with van der Waals surface area (Å²) in [6, 6.07) is 1.54. The highest BCUT2D eigenvalue weighted by Crippen LogP contribution is 2.17. The lowest BCUT2D eigenvalue weighted by atomic mass is 9.98. The summed E-state index contributed by atoms with van der Waals surface area (Å²) in [5.74, 6) is -1.77. The van der Waals surface area contributed by atoms with E-state index in [0.717, 1.165) is 0 Å². The lowest BCUT2D eigenvalue weighted by Crippen LogP contribution is -2.43. The van der Waals surface area contributed by atoms with Crippen LogP contribution in [0.4, 0.5) is 0 Å². The van der Waals surface area contributed by atoms with Gasteiger partial charge in [-0.1, -0.05) is 0 Å². The number of piperidine rings is 1. The Balaban J connectivity index is 1.74. The largest absolute Gasteiger partial charge is 0.481 e.